The summed E-state index contributed by atoms with van der Waals surface area (Å²) in [6.07, 6.45) is 5.72. The van der Waals surface area contributed by atoms with Crippen molar-refractivity contribution in [1.29, 1.82) is 0 Å². The Morgan fingerprint density at radius 2 is 2.24 bits per heavy atom. The molecular weight excluding hydrogens is 214 g/mol. The van der Waals surface area contributed by atoms with Crippen LogP contribution in [0.2, 0.25) is 0 Å². The van der Waals surface area contributed by atoms with E-state index in [1.165, 1.54) is 0 Å². The van der Waals surface area contributed by atoms with Crippen molar-refractivity contribution < 1.29 is 4.79 Å². The van der Waals surface area contributed by atoms with Gasteiger partial charge in [0.1, 0.15) is 5.82 Å². The number of rotatable bonds is 6. The predicted octanol–water partition coefficient (Wildman–Crippen LogP) is 3.07. The van der Waals surface area contributed by atoms with E-state index in [0.717, 1.165) is 24.2 Å². The Morgan fingerprint density at radius 1 is 1.59 bits per heavy atom. The van der Waals surface area contributed by atoms with Crippen LogP contribution in [0, 0.1) is 6.92 Å². The number of carbonyl (C=O) groups excluding carboxylic acids is 1. The van der Waals surface area contributed by atoms with Crippen molar-refractivity contribution in [3.8, 4) is 0 Å². The van der Waals surface area contributed by atoms with Crippen molar-refractivity contribution in [2.75, 3.05) is 5.32 Å². The van der Waals surface area contributed by atoms with Gasteiger partial charge >= 0.3 is 0 Å². The first-order chi connectivity index (χ1) is 8.13. The highest BCUT2D eigenvalue weighted by molar-refractivity contribution is 5.91. The van der Waals surface area contributed by atoms with Gasteiger partial charge < -0.3 is 5.32 Å². The zero-order chi connectivity index (χ0) is 12.8. The second-order valence-corrected chi connectivity index (χ2v) is 4.13. The fourth-order valence-electron chi connectivity index (χ4n) is 1.83. The number of nitrogens with zero attached hydrogens (tertiary/aromatic N) is 2. The van der Waals surface area contributed by atoms with Gasteiger partial charge in [0.15, 0.2) is 0 Å². The maximum absolute atomic E-state index is 11.6. The molecule has 1 rings (SSSR count). The van der Waals surface area contributed by atoms with Crippen molar-refractivity contribution in [3.05, 3.63) is 24.4 Å². The van der Waals surface area contributed by atoms with E-state index in [2.05, 4.69) is 30.8 Å². The zero-order valence-corrected chi connectivity index (χ0v) is 10.9. The Balaban J connectivity index is 2.93. The van der Waals surface area contributed by atoms with Crippen LogP contribution >= 0.6 is 0 Å². The van der Waals surface area contributed by atoms with Gasteiger partial charge in [-0.2, -0.15) is 5.10 Å². The highest BCUT2D eigenvalue weighted by Gasteiger charge is 2.15. The minimum absolute atomic E-state index is 0.0455. The molecule has 0 aliphatic carbocycles. The van der Waals surface area contributed by atoms with Crippen LogP contribution in [0.25, 0.3) is 0 Å². The van der Waals surface area contributed by atoms with Gasteiger partial charge in [0.05, 0.1) is 12.2 Å². The summed E-state index contributed by atoms with van der Waals surface area (Å²) in [4.78, 5) is 11.6. The van der Waals surface area contributed by atoms with Gasteiger partial charge in [-0.15, -0.1) is 6.58 Å². The summed E-state index contributed by atoms with van der Waals surface area (Å²) >= 11 is 0. The molecule has 0 unspecified atom stereocenters. The number of aromatic nitrogens is 2. The highest BCUT2D eigenvalue weighted by atomic mass is 16.1. The molecule has 17 heavy (non-hydrogen) atoms. The maximum Gasteiger partial charge on any atom is 0.229 e. The van der Waals surface area contributed by atoms with Crippen molar-refractivity contribution in [2.45, 2.75) is 46.1 Å². The van der Waals surface area contributed by atoms with Crippen LogP contribution < -0.4 is 5.32 Å². The van der Waals surface area contributed by atoms with Gasteiger partial charge in [0.2, 0.25) is 5.91 Å². The standard InChI is InChI=1S/C13H21N3O/c1-5-8-12(17)15-13-10(4)9-14-16(13)11(6-2)7-3/h5,9,11H,1,6-8H2,2-4H3,(H,15,17). The summed E-state index contributed by atoms with van der Waals surface area (Å²) in [7, 11) is 0. The van der Waals surface area contributed by atoms with Crippen LogP contribution in [0.4, 0.5) is 5.82 Å². The fourth-order valence-corrected chi connectivity index (χ4v) is 1.83. The normalized spacial score (nSPS) is 10.6. The molecule has 0 saturated carbocycles. The second-order valence-electron chi connectivity index (χ2n) is 4.13. The minimum Gasteiger partial charge on any atom is -0.310 e. The molecule has 1 aromatic heterocycles. The van der Waals surface area contributed by atoms with E-state index >= 15 is 0 Å². The van der Waals surface area contributed by atoms with Crippen LogP contribution in [-0.4, -0.2) is 15.7 Å². The molecule has 0 aromatic carbocycles. The van der Waals surface area contributed by atoms with Crippen LogP contribution in [0.5, 0.6) is 0 Å². The largest absolute Gasteiger partial charge is 0.310 e. The Hall–Kier alpha value is -1.58. The third-order valence-corrected chi connectivity index (χ3v) is 2.85. The second kappa shape index (κ2) is 6.23. The number of nitrogens with one attached hydrogen (secondary N) is 1. The number of carbonyl (C=O) groups is 1. The molecule has 1 amide bonds. The van der Waals surface area contributed by atoms with Gasteiger partial charge in [0.25, 0.3) is 0 Å². The number of anilines is 1. The lowest BCUT2D eigenvalue weighted by Crippen LogP contribution is -2.18. The van der Waals surface area contributed by atoms with Gasteiger partial charge in [-0.05, 0) is 19.8 Å². The Bertz CT molecular complexity index is 391. The summed E-state index contributed by atoms with van der Waals surface area (Å²) in [5, 5.41) is 7.25. The molecule has 4 nitrogen and oxygen atoms in total. The molecule has 0 bridgehead atoms. The molecule has 0 atom stereocenters. The van der Waals surface area contributed by atoms with Crippen molar-refractivity contribution in [1.82, 2.24) is 9.78 Å². The van der Waals surface area contributed by atoms with Crippen LogP contribution in [-0.2, 0) is 4.79 Å². The summed E-state index contributed by atoms with van der Waals surface area (Å²) < 4.78 is 1.91. The predicted molar refractivity (Wildman–Crippen MR) is 70.0 cm³/mol. The average Bonchev–Trinajstić information content (AvgIpc) is 2.64. The average molecular weight is 235 g/mol. The zero-order valence-electron chi connectivity index (χ0n) is 10.9. The van der Waals surface area contributed by atoms with Crippen LogP contribution in [0.3, 0.4) is 0 Å². The van der Waals surface area contributed by atoms with E-state index in [-0.39, 0.29) is 5.91 Å². The van der Waals surface area contributed by atoms with Gasteiger partial charge in [-0.25, -0.2) is 4.68 Å². The van der Waals surface area contributed by atoms with Crippen LogP contribution in [0.15, 0.2) is 18.9 Å². The van der Waals surface area contributed by atoms with Crippen molar-refractivity contribution >= 4 is 11.7 Å². The molecular formula is C13H21N3O. The molecule has 94 valence electrons. The molecule has 0 saturated heterocycles. The molecule has 0 aliphatic rings. The molecule has 1 heterocycles. The van der Waals surface area contributed by atoms with Crippen molar-refractivity contribution in [3.63, 3.8) is 0 Å². The highest BCUT2D eigenvalue weighted by Crippen LogP contribution is 2.23. The Morgan fingerprint density at radius 3 is 2.76 bits per heavy atom. The summed E-state index contributed by atoms with van der Waals surface area (Å²) in [5.74, 6) is 0.765. The monoisotopic (exact) mass is 235 g/mol. The smallest absolute Gasteiger partial charge is 0.229 e. The molecule has 1 aromatic rings. The fraction of sp³-hybridized carbons (Fsp3) is 0.538. The lowest BCUT2D eigenvalue weighted by atomic mass is 10.2. The Kier molecular flexibility index (Phi) is 4.94. The summed E-state index contributed by atoms with van der Waals surface area (Å²) in [5.41, 5.74) is 0.995. The van der Waals surface area contributed by atoms with Gasteiger partial charge in [-0.3, -0.25) is 4.79 Å². The van der Waals surface area contributed by atoms with E-state index in [0.29, 0.717) is 12.5 Å². The van der Waals surface area contributed by atoms with Gasteiger partial charge in [0, 0.05) is 12.0 Å². The Labute approximate surface area is 103 Å². The van der Waals surface area contributed by atoms with Crippen LogP contribution in [0.1, 0.15) is 44.7 Å². The van der Waals surface area contributed by atoms with E-state index in [4.69, 9.17) is 0 Å². The first-order valence-corrected chi connectivity index (χ1v) is 6.08. The quantitative estimate of drug-likeness (QED) is 0.770. The van der Waals surface area contributed by atoms with E-state index in [9.17, 15) is 4.79 Å². The number of hydrogen-bond donors (Lipinski definition) is 1. The third kappa shape index (κ3) is 3.19. The first kappa shape index (κ1) is 13.5. The molecule has 0 fully saturated rings. The molecule has 0 spiro atoms. The van der Waals surface area contributed by atoms with Crippen molar-refractivity contribution in [2.24, 2.45) is 0 Å². The number of hydrogen-bond acceptors (Lipinski definition) is 2. The lowest BCUT2D eigenvalue weighted by Gasteiger charge is -2.17. The van der Waals surface area contributed by atoms with E-state index in [1.54, 1.807) is 12.3 Å². The topological polar surface area (TPSA) is 46.9 Å². The maximum atomic E-state index is 11.6. The number of aryl methyl sites for hydroxylation is 1. The number of amides is 1. The van der Waals surface area contributed by atoms with E-state index < -0.39 is 0 Å². The summed E-state index contributed by atoms with van der Waals surface area (Å²) in [6.45, 7) is 9.76. The third-order valence-electron chi connectivity index (χ3n) is 2.85. The molecule has 1 N–H and O–H groups in total. The van der Waals surface area contributed by atoms with E-state index in [1.807, 2.05) is 11.6 Å². The SMILES string of the molecule is C=CCC(=O)Nc1c(C)cnn1C(CC)CC. The lowest BCUT2D eigenvalue weighted by molar-refractivity contribution is -0.115. The molecule has 0 aliphatic heterocycles. The molecule has 0 radical (unpaired) electrons. The summed E-state index contributed by atoms with van der Waals surface area (Å²) in [6, 6.07) is 0.336. The van der Waals surface area contributed by atoms with Gasteiger partial charge in [-0.1, -0.05) is 19.9 Å². The minimum atomic E-state index is -0.0455. The first-order valence-electron chi connectivity index (χ1n) is 6.08. The molecule has 4 heteroatoms.